The van der Waals surface area contributed by atoms with Crippen molar-refractivity contribution in [2.75, 3.05) is 32.7 Å². The van der Waals surface area contributed by atoms with Crippen LogP contribution in [0.2, 0.25) is 0 Å². The molecule has 1 heterocycles. The molecule has 0 aliphatic rings. The quantitative estimate of drug-likeness (QED) is 0.749. The molecule has 2 rings (SSSR count). The van der Waals surface area contributed by atoms with Gasteiger partial charge in [0.15, 0.2) is 0 Å². The molecule has 0 atom stereocenters. The lowest BCUT2D eigenvalue weighted by Gasteiger charge is -2.18. The fourth-order valence-corrected chi connectivity index (χ4v) is 2.47. The van der Waals surface area contributed by atoms with Crippen LogP contribution in [0.4, 0.5) is 4.39 Å². The summed E-state index contributed by atoms with van der Waals surface area (Å²) >= 11 is 0. The summed E-state index contributed by atoms with van der Waals surface area (Å²) < 4.78 is 15.3. The van der Waals surface area contributed by atoms with Gasteiger partial charge in [-0.2, -0.15) is 0 Å². The lowest BCUT2D eigenvalue weighted by molar-refractivity contribution is 0.302. The van der Waals surface area contributed by atoms with E-state index in [1.54, 1.807) is 6.07 Å². The number of hydrogen-bond donors (Lipinski definition) is 1. The Morgan fingerprint density at radius 3 is 2.70 bits per heavy atom. The number of nitrogens with zero attached hydrogens (tertiary/aromatic N) is 2. The average Bonchev–Trinajstić information content (AvgIpc) is 2.85. The molecular formula is C16H24FN3. The standard InChI is InChI=1S/C16H24FN3/c1-3-19(4-2)11-8-18-9-12-20-10-7-14-13-15(17)5-6-16(14)20/h5-7,10,13,18H,3-4,8-9,11-12H2,1-2H3. The SMILES string of the molecule is CCN(CC)CCNCCn1ccc2cc(F)ccc21. The van der Waals surface area contributed by atoms with Gasteiger partial charge in [0.2, 0.25) is 0 Å². The van der Waals surface area contributed by atoms with Crippen molar-refractivity contribution in [3.8, 4) is 0 Å². The van der Waals surface area contributed by atoms with Gasteiger partial charge in [-0.15, -0.1) is 0 Å². The highest BCUT2D eigenvalue weighted by molar-refractivity contribution is 5.80. The number of benzene rings is 1. The Labute approximate surface area is 120 Å². The van der Waals surface area contributed by atoms with Crippen LogP contribution in [-0.4, -0.2) is 42.2 Å². The molecule has 0 radical (unpaired) electrons. The third-order valence-corrected chi connectivity index (χ3v) is 3.76. The molecule has 1 N–H and O–H groups in total. The molecule has 0 bridgehead atoms. The molecule has 0 amide bonds. The summed E-state index contributed by atoms with van der Waals surface area (Å²) in [5.41, 5.74) is 1.09. The number of likely N-dealkylation sites (N-methyl/N-ethyl adjacent to an activating group) is 1. The van der Waals surface area contributed by atoms with Crippen LogP contribution in [0.15, 0.2) is 30.5 Å². The van der Waals surface area contributed by atoms with Crippen LogP contribution in [0.5, 0.6) is 0 Å². The zero-order chi connectivity index (χ0) is 14.4. The summed E-state index contributed by atoms with van der Waals surface area (Å²) in [7, 11) is 0. The van der Waals surface area contributed by atoms with Gasteiger partial charge in [0.1, 0.15) is 5.82 Å². The van der Waals surface area contributed by atoms with Gasteiger partial charge in [-0.1, -0.05) is 13.8 Å². The first-order chi connectivity index (χ1) is 9.74. The predicted octanol–water partition coefficient (Wildman–Crippen LogP) is 2.71. The molecule has 1 aromatic heterocycles. The Balaban J connectivity index is 1.79. The molecule has 110 valence electrons. The second-order valence-corrected chi connectivity index (χ2v) is 4.99. The molecule has 20 heavy (non-hydrogen) atoms. The molecule has 0 saturated heterocycles. The maximum Gasteiger partial charge on any atom is 0.123 e. The third-order valence-electron chi connectivity index (χ3n) is 3.76. The smallest absolute Gasteiger partial charge is 0.123 e. The molecule has 0 fully saturated rings. The van der Waals surface area contributed by atoms with Crippen LogP contribution in [0, 0.1) is 5.82 Å². The van der Waals surface area contributed by atoms with Crippen molar-refractivity contribution >= 4 is 10.9 Å². The number of hydrogen-bond acceptors (Lipinski definition) is 2. The number of aromatic nitrogens is 1. The largest absolute Gasteiger partial charge is 0.346 e. The highest BCUT2D eigenvalue weighted by atomic mass is 19.1. The predicted molar refractivity (Wildman–Crippen MR) is 82.6 cm³/mol. The van der Waals surface area contributed by atoms with E-state index in [9.17, 15) is 4.39 Å². The first kappa shape index (κ1) is 15.0. The highest BCUT2D eigenvalue weighted by Gasteiger charge is 2.02. The number of nitrogens with one attached hydrogen (secondary N) is 1. The van der Waals surface area contributed by atoms with Crippen molar-refractivity contribution in [3.05, 3.63) is 36.3 Å². The number of rotatable bonds is 8. The van der Waals surface area contributed by atoms with Gasteiger partial charge < -0.3 is 14.8 Å². The lowest BCUT2D eigenvalue weighted by atomic mass is 10.2. The highest BCUT2D eigenvalue weighted by Crippen LogP contribution is 2.16. The van der Waals surface area contributed by atoms with E-state index >= 15 is 0 Å². The summed E-state index contributed by atoms with van der Waals surface area (Å²) in [6.07, 6.45) is 2.02. The van der Waals surface area contributed by atoms with Crippen LogP contribution >= 0.6 is 0 Å². The fraction of sp³-hybridized carbons (Fsp3) is 0.500. The van der Waals surface area contributed by atoms with Gasteiger partial charge in [-0.05, 0) is 37.4 Å². The molecule has 3 nitrogen and oxygen atoms in total. The number of fused-ring (bicyclic) bond motifs is 1. The second kappa shape index (κ2) is 7.41. The Bertz CT molecular complexity index is 532. The van der Waals surface area contributed by atoms with E-state index in [4.69, 9.17) is 0 Å². The maximum absolute atomic E-state index is 13.1. The molecular weight excluding hydrogens is 253 g/mol. The summed E-state index contributed by atoms with van der Waals surface area (Å²) in [5, 5.41) is 4.43. The van der Waals surface area contributed by atoms with Crippen molar-refractivity contribution in [1.82, 2.24) is 14.8 Å². The molecule has 2 aromatic rings. The maximum atomic E-state index is 13.1. The monoisotopic (exact) mass is 277 g/mol. The van der Waals surface area contributed by atoms with Crippen LogP contribution < -0.4 is 5.32 Å². The van der Waals surface area contributed by atoms with E-state index in [1.165, 1.54) is 6.07 Å². The molecule has 0 saturated carbocycles. The topological polar surface area (TPSA) is 20.2 Å². The normalized spacial score (nSPS) is 11.6. The van der Waals surface area contributed by atoms with Crippen molar-refractivity contribution in [1.29, 1.82) is 0 Å². The minimum Gasteiger partial charge on any atom is -0.346 e. The molecule has 0 spiro atoms. The van der Waals surface area contributed by atoms with Crippen LogP contribution in [0.3, 0.4) is 0 Å². The van der Waals surface area contributed by atoms with Crippen LogP contribution in [-0.2, 0) is 6.54 Å². The lowest BCUT2D eigenvalue weighted by Crippen LogP contribution is -2.33. The minimum absolute atomic E-state index is 0.174. The molecule has 4 heteroatoms. The first-order valence-electron chi connectivity index (χ1n) is 7.42. The zero-order valence-corrected chi connectivity index (χ0v) is 12.4. The average molecular weight is 277 g/mol. The van der Waals surface area contributed by atoms with E-state index in [0.717, 1.165) is 50.2 Å². The molecule has 1 aromatic carbocycles. The Hall–Kier alpha value is -1.39. The van der Waals surface area contributed by atoms with Gasteiger partial charge in [-0.25, -0.2) is 4.39 Å². The van der Waals surface area contributed by atoms with E-state index in [2.05, 4.69) is 28.6 Å². The fourth-order valence-electron chi connectivity index (χ4n) is 2.47. The van der Waals surface area contributed by atoms with Gasteiger partial charge in [-0.3, -0.25) is 0 Å². The zero-order valence-electron chi connectivity index (χ0n) is 12.4. The molecule has 0 unspecified atom stereocenters. The molecule has 0 aliphatic heterocycles. The number of halogens is 1. The summed E-state index contributed by atoms with van der Waals surface area (Å²) in [4.78, 5) is 2.40. The summed E-state index contributed by atoms with van der Waals surface area (Å²) in [6, 6.07) is 6.92. The van der Waals surface area contributed by atoms with Gasteiger partial charge in [0.25, 0.3) is 0 Å². The summed E-state index contributed by atoms with van der Waals surface area (Å²) in [5.74, 6) is -0.174. The van der Waals surface area contributed by atoms with Gasteiger partial charge >= 0.3 is 0 Å². The molecule has 0 aliphatic carbocycles. The Morgan fingerprint density at radius 2 is 1.95 bits per heavy atom. The van der Waals surface area contributed by atoms with E-state index < -0.39 is 0 Å². The van der Waals surface area contributed by atoms with Gasteiger partial charge in [0, 0.05) is 43.3 Å². The van der Waals surface area contributed by atoms with E-state index in [0.29, 0.717) is 0 Å². The second-order valence-electron chi connectivity index (χ2n) is 4.99. The van der Waals surface area contributed by atoms with Crippen molar-refractivity contribution in [2.24, 2.45) is 0 Å². The van der Waals surface area contributed by atoms with Crippen LogP contribution in [0.25, 0.3) is 10.9 Å². The van der Waals surface area contributed by atoms with E-state index in [-0.39, 0.29) is 5.82 Å². The summed E-state index contributed by atoms with van der Waals surface area (Å²) in [6.45, 7) is 10.5. The Morgan fingerprint density at radius 1 is 1.15 bits per heavy atom. The van der Waals surface area contributed by atoms with Crippen LogP contribution in [0.1, 0.15) is 13.8 Å². The van der Waals surface area contributed by atoms with E-state index in [1.807, 2.05) is 18.3 Å². The van der Waals surface area contributed by atoms with Crippen molar-refractivity contribution in [2.45, 2.75) is 20.4 Å². The van der Waals surface area contributed by atoms with Crippen molar-refractivity contribution in [3.63, 3.8) is 0 Å². The Kier molecular flexibility index (Phi) is 5.56. The van der Waals surface area contributed by atoms with Gasteiger partial charge in [0.05, 0.1) is 0 Å². The van der Waals surface area contributed by atoms with Crippen molar-refractivity contribution < 1.29 is 4.39 Å². The third kappa shape index (κ3) is 3.81. The first-order valence-corrected chi connectivity index (χ1v) is 7.42. The minimum atomic E-state index is -0.174.